The Morgan fingerprint density at radius 2 is 2.17 bits per heavy atom. The van der Waals surface area contributed by atoms with E-state index in [0.29, 0.717) is 11.3 Å². The van der Waals surface area contributed by atoms with Gasteiger partial charge in [0.1, 0.15) is 0 Å². The molecule has 0 radical (unpaired) electrons. The lowest BCUT2D eigenvalue weighted by Gasteiger charge is -2.06. The molecule has 0 aliphatic carbocycles. The lowest BCUT2D eigenvalue weighted by atomic mass is 10.2. The van der Waals surface area contributed by atoms with Gasteiger partial charge in [-0.25, -0.2) is 13.1 Å². The largest absolute Gasteiger partial charge is 0.469 e. The predicted octanol–water partition coefficient (Wildman–Crippen LogP) is 0.251. The summed E-state index contributed by atoms with van der Waals surface area (Å²) in [5.74, 6) is -0.624. The molecule has 1 aromatic carbocycles. The number of rotatable bonds is 6. The van der Waals surface area contributed by atoms with Gasteiger partial charge in [0, 0.05) is 12.2 Å². The maximum atomic E-state index is 11.7. The number of hydrogen-bond donors (Lipinski definition) is 2. The first-order valence-corrected chi connectivity index (χ1v) is 6.97. The number of benzene rings is 1. The zero-order valence-corrected chi connectivity index (χ0v) is 10.9. The Hall–Kier alpha value is -1.60. The van der Waals surface area contributed by atoms with Crippen molar-refractivity contribution in [2.24, 2.45) is 0 Å². The van der Waals surface area contributed by atoms with E-state index in [1.807, 2.05) is 0 Å². The fourth-order valence-electron chi connectivity index (χ4n) is 1.36. The van der Waals surface area contributed by atoms with Crippen LogP contribution >= 0.6 is 0 Å². The Morgan fingerprint density at radius 3 is 2.78 bits per heavy atom. The van der Waals surface area contributed by atoms with Gasteiger partial charge in [-0.2, -0.15) is 0 Å². The molecule has 0 heterocycles. The van der Waals surface area contributed by atoms with Gasteiger partial charge in [0.25, 0.3) is 0 Å². The highest BCUT2D eigenvalue weighted by molar-refractivity contribution is 7.88. The minimum absolute atomic E-state index is 0.00661. The minimum atomic E-state index is -3.47. The second-order valence-corrected chi connectivity index (χ2v) is 5.53. The van der Waals surface area contributed by atoms with Crippen LogP contribution in [0.3, 0.4) is 0 Å². The summed E-state index contributed by atoms with van der Waals surface area (Å²) in [4.78, 5) is 10.8. The van der Waals surface area contributed by atoms with Crippen molar-refractivity contribution in [2.45, 2.75) is 12.2 Å². The van der Waals surface area contributed by atoms with Gasteiger partial charge in [-0.3, -0.25) is 4.79 Å². The molecule has 0 atom stereocenters. The third-order valence-corrected chi connectivity index (χ3v) is 3.54. The fourth-order valence-corrected chi connectivity index (χ4v) is 2.50. The van der Waals surface area contributed by atoms with Crippen LogP contribution in [0.25, 0.3) is 0 Å². The Bertz CT molecular complexity index is 514. The van der Waals surface area contributed by atoms with E-state index < -0.39 is 16.0 Å². The molecule has 0 fully saturated rings. The monoisotopic (exact) mass is 272 g/mol. The van der Waals surface area contributed by atoms with E-state index >= 15 is 0 Å². The van der Waals surface area contributed by atoms with Crippen molar-refractivity contribution in [2.75, 3.05) is 19.4 Å². The van der Waals surface area contributed by atoms with E-state index in [0.717, 1.165) is 0 Å². The van der Waals surface area contributed by atoms with Gasteiger partial charge < -0.3 is 10.5 Å². The molecule has 0 unspecified atom stereocenters. The zero-order valence-electron chi connectivity index (χ0n) is 10.0. The normalized spacial score (nSPS) is 11.2. The molecule has 0 aromatic heterocycles. The molecule has 3 N–H and O–H groups in total. The number of esters is 1. The summed E-state index contributed by atoms with van der Waals surface area (Å²) in [6.45, 7) is 0.0251. The molecule has 1 aromatic rings. The van der Waals surface area contributed by atoms with Crippen LogP contribution in [0, 0.1) is 0 Å². The van der Waals surface area contributed by atoms with Gasteiger partial charge in [-0.15, -0.1) is 0 Å². The molecule has 7 heteroatoms. The highest BCUT2D eigenvalue weighted by Gasteiger charge is 2.12. The average molecular weight is 272 g/mol. The van der Waals surface area contributed by atoms with Gasteiger partial charge in [0.15, 0.2) is 0 Å². The first kappa shape index (κ1) is 14.5. The van der Waals surface area contributed by atoms with Crippen LogP contribution in [-0.4, -0.2) is 28.0 Å². The molecule has 0 amide bonds. The Kier molecular flexibility index (Phi) is 5.11. The molecule has 6 nitrogen and oxygen atoms in total. The maximum absolute atomic E-state index is 11.7. The van der Waals surface area contributed by atoms with Crippen LogP contribution in [0.5, 0.6) is 0 Å². The van der Waals surface area contributed by atoms with Crippen molar-refractivity contribution < 1.29 is 17.9 Å². The first-order valence-electron chi connectivity index (χ1n) is 5.31. The van der Waals surface area contributed by atoms with Crippen LogP contribution < -0.4 is 10.5 Å². The number of carbonyl (C=O) groups is 1. The van der Waals surface area contributed by atoms with Gasteiger partial charge in [0.05, 0.1) is 19.3 Å². The standard InChI is InChI=1S/C11H16N2O4S/c1-17-11(14)5-6-13-18(15,16)8-9-3-2-4-10(12)7-9/h2-4,7,13H,5-6,8,12H2,1H3. The summed E-state index contributed by atoms with van der Waals surface area (Å²) in [5.41, 5.74) is 6.67. The van der Waals surface area contributed by atoms with Crippen LogP contribution in [0.2, 0.25) is 0 Å². The number of nitrogens with two attached hydrogens (primary N) is 1. The molecule has 0 aliphatic heterocycles. The molecular formula is C11H16N2O4S. The van der Waals surface area contributed by atoms with Crippen LogP contribution in [0.4, 0.5) is 5.69 Å². The van der Waals surface area contributed by atoms with E-state index in [1.165, 1.54) is 7.11 Å². The van der Waals surface area contributed by atoms with Gasteiger partial charge in [0.2, 0.25) is 10.0 Å². The molecule has 18 heavy (non-hydrogen) atoms. The molecule has 0 saturated heterocycles. The summed E-state index contributed by atoms with van der Waals surface area (Å²) in [5, 5.41) is 0. The number of methoxy groups -OCH3 is 1. The summed E-state index contributed by atoms with van der Waals surface area (Å²) in [6, 6.07) is 6.64. The molecule has 0 bridgehead atoms. The number of anilines is 1. The van der Waals surface area contributed by atoms with Gasteiger partial charge in [-0.1, -0.05) is 12.1 Å². The highest BCUT2D eigenvalue weighted by Crippen LogP contribution is 2.09. The number of carbonyl (C=O) groups excluding carboxylic acids is 1. The van der Waals surface area contributed by atoms with Crippen molar-refractivity contribution in [3.05, 3.63) is 29.8 Å². The molecular weight excluding hydrogens is 256 g/mol. The third-order valence-electron chi connectivity index (χ3n) is 2.19. The Labute approximate surface area is 106 Å². The summed E-state index contributed by atoms with van der Waals surface area (Å²) < 4.78 is 30.1. The number of nitrogens with one attached hydrogen (secondary N) is 1. The van der Waals surface area contributed by atoms with Crippen LogP contribution in [0.1, 0.15) is 12.0 Å². The van der Waals surface area contributed by atoms with Crippen molar-refractivity contribution in [1.29, 1.82) is 0 Å². The second kappa shape index (κ2) is 6.36. The highest BCUT2D eigenvalue weighted by atomic mass is 32.2. The molecule has 0 saturated carbocycles. The van der Waals surface area contributed by atoms with Crippen molar-refractivity contribution in [1.82, 2.24) is 4.72 Å². The molecule has 100 valence electrons. The van der Waals surface area contributed by atoms with Gasteiger partial charge in [-0.05, 0) is 17.7 Å². The first-order chi connectivity index (χ1) is 8.43. The third kappa shape index (κ3) is 5.15. The van der Waals surface area contributed by atoms with Gasteiger partial charge >= 0.3 is 5.97 Å². The lowest BCUT2D eigenvalue weighted by molar-refractivity contribution is -0.140. The van der Waals surface area contributed by atoms with Crippen molar-refractivity contribution in [3.63, 3.8) is 0 Å². The van der Waals surface area contributed by atoms with E-state index in [-0.39, 0.29) is 18.7 Å². The number of nitrogen functional groups attached to an aromatic ring is 1. The smallest absolute Gasteiger partial charge is 0.306 e. The van der Waals surface area contributed by atoms with E-state index in [4.69, 9.17) is 5.73 Å². The summed E-state index contributed by atoms with van der Waals surface area (Å²) in [7, 11) is -2.22. The fraction of sp³-hybridized carbons (Fsp3) is 0.364. The molecule has 0 spiro atoms. The second-order valence-electron chi connectivity index (χ2n) is 3.72. The summed E-state index contributed by atoms with van der Waals surface area (Å²) in [6.07, 6.45) is 0.00661. The maximum Gasteiger partial charge on any atom is 0.306 e. The van der Waals surface area contributed by atoms with E-state index in [9.17, 15) is 13.2 Å². The van der Waals surface area contributed by atoms with Crippen LogP contribution in [0.15, 0.2) is 24.3 Å². The number of hydrogen-bond acceptors (Lipinski definition) is 5. The van der Waals surface area contributed by atoms with Crippen molar-refractivity contribution in [3.8, 4) is 0 Å². The lowest BCUT2D eigenvalue weighted by Crippen LogP contribution is -2.27. The molecule has 1 rings (SSSR count). The molecule has 0 aliphatic rings. The summed E-state index contributed by atoms with van der Waals surface area (Å²) >= 11 is 0. The average Bonchev–Trinajstić information content (AvgIpc) is 2.27. The van der Waals surface area contributed by atoms with E-state index in [1.54, 1.807) is 24.3 Å². The Balaban J connectivity index is 2.52. The topological polar surface area (TPSA) is 98.5 Å². The Morgan fingerprint density at radius 1 is 1.44 bits per heavy atom. The van der Waals surface area contributed by atoms with E-state index in [2.05, 4.69) is 9.46 Å². The quantitative estimate of drug-likeness (QED) is 0.571. The predicted molar refractivity (Wildman–Crippen MR) is 68.1 cm³/mol. The van der Waals surface area contributed by atoms with Crippen molar-refractivity contribution >= 4 is 21.7 Å². The number of sulfonamides is 1. The van der Waals surface area contributed by atoms with Crippen LogP contribution in [-0.2, 0) is 25.3 Å². The zero-order chi connectivity index (χ0) is 13.6. The SMILES string of the molecule is COC(=O)CCNS(=O)(=O)Cc1cccc(N)c1. The number of ether oxygens (including phenoxy) is 1. The minimum Gasteiger partial charge on any atom is -0.469 e.